The molecule has 22 heavy (non-hydrogen) atoms. The fraction of sp³-hybridized carbons (Fsp3) is 0.200. The molecule has 0 fully saturated rings. The SMILES string of the molecule is CCOc1cc(C)c(Cl)cc1S(=O)(=O)Nc1cccc(O)c1. The summed E-state index contributed by atoms with van der Waals surface area (Å²) in [6, 6.07) is 8.78. The van der Waals surface area contributed by atoms with Crippen LogP contribution < -0.4 is 9.46 Å². The zero-order valence-corrected chi connectivity index (χ0v) is 13.7. The van der Waals surface area contributed by atoms with Crippen LogP contribution in [0.15, 0.2) is 41.3 Å². The van der Waals surface area contributed by atoms with Gasteiger partial charge in [0, 0.05) is 11.1 Å². The van der Waals surface area contributed by atoms with Crippen LogP contribution >= 0.6 is 11.6 Å². The first-order chi connectivity index (χ1) is 10.3. The zero-order valence-electron chi connectivity index (χ0n) is 12.1. The number of aryl methyl sites for hydroxylation is 1. The number of aromatic hydroxyl groups is 1. The van der Waals surface area contributed by atoms with Gasteiger partial charge in [-0.2, -0.15) is 0 Å². The normalized spacial score (nSPS) is 11.2. The van der Waals surface area contributed by atoms with Crippen molar-refractivity contribution in [2.75, 3.05) is 11.3 Å². The fourth-order valence-corrected chi connectivity index (χ4v) is 3.33. The number of rotatable bonds is 5. The molecule has 7 heteroatoms. The average Bonchev–Trinajstić information content (AvgIpc) is 2.42. The molecular weight excluding hydrogens is 326 g/mol. The molecular formula is C15H16ClNO4S. The van der Waals surface area contributed by atoms with E-state index in [1.165, 1.54) is 24.3 Å². The summed E-state index contributed by atoms with van der Waals surface area (Å²) in [5.41, 5.74) is 0.973. The lowest BCUT2D eigenvalue weighted by Crippen LogP contribution is -2.14. The van der Waals surface area contributed by atoms with Crippen LogP contribution in [0.1, 0.15) is 12.5 Å². The molecule has 0 aliphatic rings. The van der Waals surface area contributed by atoms with Crippen LogP contribution in [0.5, 0.6) is 11.5 Å². The molecule has 0 aliphatic heterocycles. The second kappa shape index (κ2) is 6.46. The summed E-state index contributed by atoms with van der Waals surface area (Å²) in [5, 5.41) is 9.75. The van der Waals surface area contributed by atoms with E-state index in [1.54, 1.807) is 26.0 Å². The maximum absolute atomic E-state index is 12.5. The van der Waals surface area contributed by atoms with Crippen LogP contribution in [-0.2, 0) is 10.0 Å². The van der Waals surface area contributed by atoms with Gasteiger partial charge in [-0.3, -0.25) is 4.72 Å². The summed E-state index contributed by atoms with van der Waals surface area (Å²) < 4.78 is 32.9. The molecule has 2 aromatic carbocycles. The van der Waals surface area contributed by atoms with E-state index in [9.17, 15) is 13.5 Å². The van der Waals surface area contributed by atoms with Gasteiger partial charge in [0.15, 0.2) is 0 Å². The van der Waals surface area contributed by atoms with E-state index in [-0.39, 0.29) is 22.1 Å². The average molecular weight is 342 g/mol. The van der Waals surface area contributed by atoms with Crippen LogP contribution in [0.4, 0.5) is 5.69 Å². The van der Waals surface area contributed by atoms with Gasteiger partial charge >= 0.3 is 0 Å². The van der Waals surface area contributed by atoms with Crippen molar-refractivity contribution in [2.24, 2.45) is 0 Å². The highest BCUT2D eigenvalue weighted by atomic mass is 35.5. The van der Waals surface area contributed by atoms with Crippen LogP contribution in [-0.4, -0.2) is 20.1 Å². The number of halogens is 1. The fourth-order valence-electron chi connectivity index (χ4n) is 1.89. The quantitative estimate of drug-likeness (QED) is 0.872. The molecule has 0 atom stereocenters. The predicted molar refractivity (Wildman–Crippen MR) is 86.3 cm³/mol. The largest absolute Gasteiger partial charge is 0.508 e. The highest BCUT2D eigenvalue weighted by molar-refractivity contribution is 7.92. The summed E-state index contributed by atoms with van der Waals surface area (Å²) in [6.07, 6.45) is 0. The lowest BCUT2D eigenvalue weighted by Gasteiger charge is -2.14. The molecule has 0 bridgehead atoms. The molecule has 5 nitrogen and oxygen atoms in total. The van der Waals surface area contributed by atoms with Crippen LogP contribution in [0.25, 0.3) is 0 Å². The Hall–Kier alpha value is -1.92. The predicted octanol–water partition coefficient (Wildman–Crippen LogP) is 3.55. The maximum Gasteiger partial charge on any atom is 0.265 e. The molecule has 2 rings (SSSR count). The van der Waals surface area contributed by atoms with E-state index in [4.69, 9.17) is 16.3 Å². The Morgan fingerprint density at radius 1 is 1.27 bits per heavy atom. The summed E-state index contributed by atoms with van der Waals surface area (Å²) in [5.74, 6) is 0.198. The monoisotopic (exact) mass is 341 g/mol. The summed E-state index contributed by atoms with van der Waals surface area (Å²) >= 11 is 6.03. The number of benzene rings is 2. The minimum Gasteiger partial charge on any atom is -0.508 e. The zero-order chi connectivity index (χ0) is 16.3. The number of nitrogens with one attached hydrogen (secondary N) is 1. The lowest BCUT2D eigenvalue weighted by atomic mass is 10.2. The Morgan fingerprint density at radius 3 is 2.64 bits per heavy atom. The van der Waals surface area contributed by atoms with Crippen LogP contribution in [0.3, 0.4) is 0 Å². The van der Waals surface area contributed by atoms with Crippen molar-refractivity contribution in [1.82, 2.24) is 0 Å². The van der Waals surface area contributed by atoms with Crippen molar-refractivity contribution in [1.29, 1.82) is 0 Å². The number of phenols is 1. The van der Waals surface area contributed by atoms with E-state index >= 15 is 0 Å². The van der Waals surface area contributed by atoms with E-state index in [0.717, 1.165) is 5.56 Å². The van der Waals surface area contributed by atoms with Gasteiger partial charge in [0.05, 0.1) is 12.3 Å². The van der Waals surface area contributed by atoms with E-state index in [2.05, 4.69) is 4.72 Å². The summed E-state index contributed by atoms with van der Waals surface area (Å²) in [4.78, 5) is -0.0479. The number of sulfonamides is 1. The second-order valence-electron chi connectivity index (χ2n) is 4.64. The Bertz CT molecular complexity index is 790. The van der Waals surface area contributed by atoms with Gasteiger partial charge in [-0.15, -0.1) is 0 Å². The highest BCUT2D eigenvalue weighted by Crippen LogP contribution is 2.32. The van der Waals surface area contributed by atoms with Gasteiger partial charge in [0.1, 0.15) is 16.4 Å². The Morgan fingerprint density at radius 2 is 2.00 bits per heavy atom. The van der Waals surface area contributed by atoms with E-state index < -0.39 is 10.0 Å². The topological polar surface area (TPSA) is 75.6 Å². The highest BCUT2D eigenvalue weighted by Gasteiger charge is 2.21. The molecule has 0 aromatic heterocycles. The van der Waals surface area contributed by atoms with Gasteiger partial charge in [-0.1, -0.05) is 17.7 Å². The molecule has 0 radical (unpaired) electrons. The van der Waals surface area contributed by atoms with Gasteiger partial charge in [-0.25, -0.2) is 8.42 Å². The van der Waals surface area contributed by atoms with E-state index in [0.29, 0.717) is 11.6 Å². The van der Waals surface area contributed by atoms with Gasteiger partial charge in [-0.05, 0) is 43.7 Å². The second-order valence-corrected chi connectivity index (χ2v) is 6.69. The molecule has 0 saturated heterocycles. The third kappa shape index (κ3) is 3.64. The minimum atomic E-state index is -3.89. The Labute approximate surface area is 134 Å². The van der Waals surface area contributed by atoms with Gasteiger partial charge < -0.3 is 9.84 Å². The molecule has 0 heterocycles. The first kappa shape index (κ1) is 16.5. The van der Waals surface area contributed by atoms with Crippen molar-refractivity contribution in [3.63, 3.8) is 0 Å². The van der Waals surface area contributed by atoms with Gasteiger partial charge in [0.25, 0.3) is 10.0 Å². The molecule has 2 N–H and O–H groups in total. The Balaban J connectivity index is 2.46. The molecule has 2 aromatic rings. The molecule has 0 saturated carbocycles. The number of hydrogen-bond donors (Lipinski definition) is 2. The summed E-state index contributed by atoms with van der Waals surface area (Å²) in [7, 11) is -3.89. The number of hydrogen-bond acceptors (Lipinski definition) is 4. The van der Waals surface area contributed by atoms with Crippen molar-refractivity contribution in [3.05, 3.63) is 47.0 Å². The van der Waals surface area contributed by atoms with Crippen LogP contribution in [0, 0.1) is 6.92 Å². The van der Waals surface area contributed by atoms with Gasteiger partial charge in [0.2, 0.25) is 0 Å². The lowest BCUT2D eigenvalue weighted by molar-refractivity contribution is 0.331. The maximum atomic E-state index is 12.5. The minimum absolute atomic E-state index is 0.0350. The van der Waals surface area contributed by atoms with Crippen LogP contribution in [0.2, 0.25) is 5.02 Å². The molecule has 0 unspecified atom stereocenters. The van der Waals surface area contributed by atoms with E-state index in [1.807, 2.05) is 0 Å². The Kier molecular flexibility index (Phi) is 4.83. The van der Waals surface area contributed by atoms with Crippen molar-refractivity contribution in [3.8, 4) is 11.5 Å². The number of ether oxygens (including phenoxy) is 1. The summed E-state index contributed by atoms with van der Waals surface area (Å²) in [6.45, 7) is 3.86. The standard InChI is InChI=1S/C15H16ClNO4S/c1-3-21-14-7-10(2)13(16)9-15(14)22(19,20)17-11-5-4-6-12(18)8-11/h4-9,17-18H,3H2,1-2H3. The molecule has 118 valence electrons. The number of anilines is 1. The van der Waals surface area contributed by atoms with Crippen molar-refractivity contribution >= 4 is 27.3 Å². The smallest absolute Gasteiger partial charge is 0.265 e. The first-order valence-corrected chi connectivity index (χ1v) is 8.44. The third-order valence-corrected chi connectivity index (χ3v) is 4.72. The van der Waals surface area contributed by atoms with Crippen molar-refractivity contribution < 1.29 is 18.3 Å². The molecule has 0 spiro atoms. The number of phenolic OH excluding ortho intramolecular Hbond substituents is 1. The third-order valence-electron chi connectivity index (χ3n) is 2.91. The van der Waals surface area contributed by atoms with Crippen molar-refractivity contribution in [2.45, 2.75) is 18.7 Å². The molecule has 0 aliphatic carbocycles. The molecule has 0 amide bonds. The first-order valence-electron chi connectivity index (χ1n) is 6.58.